The molecule has 0 radical (unpaired) electrons. The van der Waals surface area contributed by atoms with E-state index in [-0.39, 0.29) is 0 Å². The van der Waals surface area contributed by atoms with Crippen LogP contribution in [0.25, 0.3) is 11.5 Å². The summed E-state index contributed by atoms with van der Waals surface area (Å²) in [5.41, 5.74) is 2.06. The van der Waals surface area contributed by atoms with E-state index in [0.29, 0.717) is 11.1 Å². The standard InChI is InChI=1S/C14H13BrN4OS/c1-2-19-8-11(7-16-19)13-17-18-14(20-13)21-9-10-3-5-12(15)6-4-10/h3-8H,2,9H2,1H3. The third kappa shape index (κ3) is 3.54. The van der Waals surface area contributed by atoms with Gasteiger partial charge in [0.15, 0.2) is 0 Å². The summed E-state index contributed by atoms with van der Waals surface area (Å²) in [4.78, 5) is 0. The van der Waals surface area contributed by atoms with Crippen molar-refractivity contribution >= 4 is 27.7 Å². The van der Waals surface area contributed by atoms with Gasteiger partial charge in [0.25, 0.3) is 11.1 Å². The summed E-state index contributed by atoms with van der Waals surface area (Å²) in [6.07, 6.45) is 3.64. The molecule has 0 N–H and O–H groups in total. The van der Waals surface area contributed by atoms with Gasteiger partial charge in [-0.05, 0) is 24.6 Å². The molecule has 108 valence electrons. The van der Waals surface area contributed by atoms with Gasteiger partial charge in [-0.2, -0.15) is 5.10 Å². The summed E-state index contributed by atoms with van der Waals surface area (Å²) in [5.74, 6) is 1.30. The van der Waals surface area contributed by atoms with Gasteiger partial charge in [0.05, 0.1) is 11.8 Å². The minimum atomic E-state index is 0.507. The first-order valence-electron chi connectivity index (χ1n) is 6.48. The molecule has 3 rings (SSSR count). The Kier molecular flexibility index (Phi) is 4.40. The number of halogens is 1. The Hall–Kier alpha value is -1.60. The Morgan fingerprint density at radius 3 is 2.76 bits per heavy atom. The fourth-order valence-corrected chi connectivity index (χ4v) is 2.74. The van der Waals surface area contributed by atoms with Gasteiger partial charge in [-0.25, -0.2) is 0 Å². The Labute approximate surface area is 134 Å². The van der Waals surface area contributed by atoms with Crippen LogP contribution in [0.5, 0.6) is 0 Å². The molecule has 3 aromatic rings. The first-order valence-corrected chi connectivity index (χ1v) is 8.26. The fraction of sp³-hybridized carbons (Fsp3) is 0.214. The number of hydrogen-bond donors (Lipinski definition) is 0. The molecular weight excluding hydrogens is 352 g/mol. The predicted octanol–water partition coefficient (Wildman–Crippen LogP) is 4.01. The predicted molar refractivity (Wildman–Crippen MR) is 84.9 cm³/mol. The molecule has 5 nitrogen and oxygen atoms in total. The monoisotopic (exact) mass is 364 g/mol. The number of benzene rings is 1. The maximum atomic E-state index is 5.65. The molecular formula is C14H13BrN4OS. The maximum absolute atomic E-state index is 5.65. The minimum Gasteiger partial charge on any atom is -0.411 e. The smallest absolute Gasteiger partial charge is 0.277 e. The van der Waals surface area contributed by atoms with Crippen LogP contribution in [0.3, 0.4) is 0 Å². The molecule has 0 aliphatic heterocycles. The van der Waals surface area contributed by atoms with E-state index in [4.69, 9.17) is 4.42 Å². The quantitative estimate of drug-likeness (QED) is 0.640. The number of aromatic nitrogens is 4. The van der Waals surface area contributed by atoms with Crippen LogP contribution in [0.2, 0.25) is 0 Å². The molecule has 7 heteroatoms. The number of aryl methyl sites for hydroxylation is 1. The lowest BCUT2D eigenvalue weighted by atomic mass is 10.2. The summed E-state index contributed by atoms with van der Waals surface area (Å²) in [5, 5.41) is 12.9. The largest absolute Gasteiger partial charge is 0.411 e. The molecule has 0 unspecified atom stereocenters. The molecule has 0 amide bonds. The van der Waals surface area contributed by atoms with E-state index in [9.17, 15) is 0 Å². The molecule has 0 bridgehead atoms. The SMILES string of the molecule is CCn1cc(-c2nnc(SCc3ccc(Br)cc3)o2)cn1. The number of nitrogens with zero attached hydrogens (tertiary/aromatic N) is 4. The highest BCUT2D eigenvalue weighted by atomic mass is 79.9. The number of hydrogen-bond acceptors (Lipinski definition) is 5. The van der Waals surface area contributed by atoms with Crippen LogP contribution in [0.4, 0.5) is 0 Å². The molecule has 0 aliphatic rings. The third-order valence-electron chi connectivity index (χ3n) is 2.89. The van der Waals surface area contributed by atoms with E-state index in [0.717, 1.165) is 22.3 Å². The number of rotatable bonds is 5. The Balaban J connectivity index is 1.66. The Bertz CT molecular complexity index is 723. The first-order chi connectivity index (χ1) is 10.2. The van der Waals surface area contributed by atoms with Gasteiger partial charge in [0.2, 0.25) is 0 Å². The van der Waals surface area contributed by atoms with Gasteiger partial charge in [-0.15, -0.1) is 10.2 Å². The van der Waals surface area contributed by atoms with Gasteiger partial charge >= 0.3 is 0 Å². The van der Waals surface area contributed by atoms with E-state index >= 15 is 0 Å². The van der Waals surface area contributed by atoms with Crippen molar-refractivity contribution in [3.63, 3.8) is 0 Å². The molecule has 2 aromatic heterocycles. The van der Waals surface area contributed by atoms with Crippen LogP contribution in [-0.4, -0.2) is 20.0 Å². The van der Waals surface area contributed by atoms with Crippen LogP contribution in [0.15, 0.2) is 50.8 Å². The summed E-state index contributed by atoms with van der Waals surface area (Å²) >= 11 is 4.95. The van der Waals surface area contributed by atoms with Crippen molar-refractivity contribution in [2.24, 2.45) is 0 Å². The maximum Gasteiger partial charge on any atom is 0.277 e. The van der Waals surface area contributed by atoms with Crippen LogP contribution >= 0.6 is 27.7 Å². The lowest BCUT2D eigenvalue weighted by Gasteiger charge is -1.98. The van der Waals surface area contributed by atoms with E-state index in [1.54, 1.807) is 6.20 Å². The van der Waals surface area contributed by atoms with Gasteiger partial charge in [-0.3, -0.25) is 4.68 Å². The molecule has 0 spiro atoms. The van der Waals surface area contributed by atoms with Crippen molar-refractivity contribution in [1.29, 1.82) is 0 Å². The summed E-state index contributed by atoms with van der Waals surface area (Å²) in [7, 11) is 0. The summed E-state index contributed by atoms with van der Waals surface area (Å²) in [6, 6.07) is 8.18. The zero-order chi connectivity index (χ0) is 14.7. The fourth-order valence-electron chi connectivity index (χ4n) is 1.76. The van der Waals surface area contributed by atoms with E-state index < -0.39 is 0 Å². The normalized spacial score (nSPS) is 11.0. The molecule has 0 saturated heterocycles. The molecule has 0 fully saturated rings. The molecule has 0 saturated carbocycles. The average Bonchev–Trinajstić information content (AvgIpc) is 3.15. The van der Waals surface area contributed by atoms with Crippen molar-refractivity contribution in [3.8, 4) is 11.5 Å². The van der Waals surface area contributed by atoms with E-state index in [2.05, 4.69) is 43.4 Å². The summed E-state index contributed by atoms with van der Waals surface area (Å²) in [6.45, 7) is 2.85. The highest BCUT2D eigenvalue weighted by Gasteiger charge is 2.11. The van der Waals surface area contributed by atoms with Crippen molar-refractivity contribution in [1.82, 2.24) is 20.0 Å². The Morgan fingerprint density at radius 1 is 1.24 bits per heavy atom. The molecule has 0 atom stereocenters. The van der Waals surface area contributed by atoms with Crippen LogP contribution < -0.4 is 0 Å². The second-order valence-corrected chi connectivity index (χ2v) is 6.22. The topological polar surface area (TPSA) is 56.7 Å². The molecule has 2 heterocycles. The molecule has 1 aromatic carbocycles. The van der Waals surface area contributed by atoms with Gasteiger partial charge in [-0.1, -0.05) is 39.8 Å². The molecule has 0 aliphatic carbocycles. The van der Waals surface area contributed by atoms with Crippen molar-refractivity contribution in [2.45, 2.75) is 24.4 Å². The van der Waals surface area contributed by atoms with Gasteiger partial charge < -0.3 is 4.42 Å². The first kappa shape index (κ1) is 14.3. The van der Waals surface area contributed by atoms with Crippen molar-refractivity contribution < 1.29 is 4.42 Å². The summed E-state index contributed by atoms with van der Waals surface area (Å²) < 4.78 is 8.55. The van der Waals surface area contributed by atoms with Crippen LogP contribution in [0, 0.1) is 0 Å². The van der Waals surface area contributed by atoms with Crippen molar-refractivity contribution in [2.75, 3.05) is 0 Å². The van der Waals surface area contributed by atoms with Gasteiger partial charge in [0, 0.05) is 23.0 Å². The van der Waals surface area contributed by atoms with Crippen molar-refractivity contribution in [3.05, 3.63) is 46.7 Å². The molecule has 21 heavy (non-hydrogen) atoms. The Morgan fingerprint density at radius 2 is 2.05 bits per heavy atom. The second-order valence-electron chi connectivity index (χ2n) is 4.37. The van der Waals surface area contributed by atoms with Crippen LogP contribution in [-0.2, 0) is 12.3 Å². The van der Waals surface area contributed by atoms with Crippen LogP contribution in [0.1, 0.15) is 12.5 Å². The van der Waals surface area contributed by atoms with Gasteiger partial charge in [0.1, 0.15) is 0 Å². The van der Waals surface area contributed by atoms with E-state index in [1.165, 1.54) is 17.3 Å². The minimum absolute atomic E-state index is 0.507. The highest BCUT2D eigenvalue weighted by molar-refractivity contribution is 9.10. The highest BCUT2D eigenvalue weighted by Crippen LogP contribution is 2.25. The van der Waals surface area contributed by atoms with E-state index in [1.807, 2.05) is 29.9 Å². The second kappa shape index (κ2) is 6.44. The third-order valence-corrected chi connectivity index (χ3v) is 4.30. The number of thioether (sulfide) groups is 1. The lowest BCUT2D eigenvalue weighted by Crippen LogP contribution is -1.91. The zero-order valence-electron chi connectivity index (χ0n) is 11.4. The zero-order valence-corrected chi connectivity index (χ0v) is 13.8. The average molecular weight is 365 g/mol. The lowest BCUT2D eigenvalue weighted by molar-refractivity contribution is 0.466.